The molecule has 1 heterocycles. The van der Waals surface area contributed by atoms with Crippen molar-refractivity contribution in [3.05, 3.63) is 18.2 Å². The zero-order valence-corrected chi connectivity index (χ0v) is 12.0. The monoisotopic (exact) mass is 276 g/mol. The van der Waals surface area contributed by atoms with Gasteiger partial charge in [0.25, 0.3) is 0 Å². The van der Waals surface area contributed by atoms with Crippen LogP contribution in [0.25, 0.3) is 0 Å². The Morgan fingerprint density at radius 1 is 1.50 bits per heavy atom. The van der Waals surface area contributed by atoms with Gasteiger partial charge in [-0.05, 0) is 25.0 Å². The maximum absolute atomic E-state index is 12.3. The third-order valence-electron chi connectivity index (χ3n) is 3.94. The van der Waals surface area contributed by atoms with Crippen molar-refractivity contribution in [1.82, 2.24) is 4.90 Å². The number of hydrogen-bond donors (Lipinski definition) is 0. The minimum atomic E-state index is 0.170. The number of methoxy groups -OCH3 is 1. The number of carbonyl (C=O) groups is 1. The standard InChI is InChI=1S/C15H20N2O3/c1-16(11-3-4-11)15(18)10-17-7-8-20-14-6-5-12(19-2)9-13(14)17/h5-6,9,11H,3-4,7-8,10H2,1-2H3. The second kappa shape index (κ2) is 5.23. The largest absolute Gasteiger partial charge is 0.497 e. The summed E-state index contributed by atoms with van der Waals surface area (Å²) in [5.41, 5.74) is 0.938. The minimum absolute atomic E-state index is 0.170. The quantitative estimate of drug-likeness (QED) is 0.836. The van der Waals surface area contributed by atoms with Crippen LogP contribution in [0.1, 0.15) is 12.8 Å². The van der Waals surface area contributed by atoms with Gasteiger partial charge in [-0.25, -0.2) is 0 Å². The molecule has 3 rings (SSSR count). The molecule has 1 aromatic rings. The molecule has 5 heteroatoms. The van der Waals surface area contributed by atoms with Crippen LogP contribution in [0, 0.1) is 0 Å². The van der Waals surface area contributed by atoms with E-state index in [2.05, 4.69) is 4.90 Å². The van der Waals surface area contributed by atoms with E-state index in [0.717, 1.165) is 36.6 Å². The molecule has 0 spiro atoms. The van der Waals surface area contributed by atoms with Crippen molar-refractivity contribution < 1.29 is 14.3 Å². The summed E-state index contributed by atoms with van der Waals surface area (Å²) in [5, 5.41) is 0. The van der Waals surface area contributed by atoms with Crippen LogP contribution in [-0.4, -0.2) is 50.7 Å². The van der Waals surface area contributed by atoms with Crippen LogP contribution in [0.4, 0.5) is 5.69 Å². The molecule has 1 aromatic carbocycles. The number of likely N-dealkylation sites (N-methyl/N-ethyl adjacent to an activating group) is 1. The highest BCUT2D eigenvalue weighted by atomic mass is 16.5. The van der Waals surface area contributed by atoms with Crippen LogP contribution in [0.2, 0.25) is 0 Å². The first-order chi connectivity index (χ1) is 9.69. The molecule has 108 valence electrons. The van der Waals surface area contributed by atoms with E-state index in [9.17, 15) is 4.79 Å². The van der Waals surface area contributed by atoms with E-state index in [1.165, 1.54) is 0 Å². The highest BCUT2D eigenvalue weighted by Gasteiger charge is 2.31. The van der Waals surface area contributed by atoms with Crippen molar-refractivity contribution in [3.63, 3.8) is 0 Å². The molecule has 20 heavy (non-hydrogen) atoms. The number of hydrogen-bond acceptors (Lipinski definition) is 4. The molecule has 0 aromatic heterocycles. The van der Waals surface area contributed by atoms with Gasteiger partial charge in [-0.2, -0.15) is 0 Å². The van der Waals surface area contributed by atoms with Gasteiger partial charge in [-0.1, -0.05) is 0 Å². The number of anilines is 1. The highest BCUT2D eigenvalue weighted by molar-refractivity contribution is 5.83. The van der Waals surface area contributed by atoms with Gasteiger partial charge in [-0.15, -0.1) is 0 Å². The Balaban J connectivity index is 1.76. The SMILES string of the molecule is COc1ccc2c(c1)N(CC(=O)N(C)C1CC1)CCO2. The predicted octanol–water partition coefficient (Wildman–Crippen LogP) is 1.51. The molecular formula is C15H20N2O3. The predicted molar refractivity (Wildman–Crippen MR) is 76.5 cm³/mol. The molecule has 1 fully saturated rings. The summed E-state index contributed by atoms with van der Waals surface area (Å²) in [6.07, 6.45) is 2.27. The molecular weight excluding hydrogens is 256 g/mol. The van der Waals surface area contributed by atoms with Gasteiger partial charge < -0.3 is 19.3 Å². The Bertz CT molecular complexity index is 514. The van der Waals surface area contributed by atoms with Crippen molar-refractivity contribution in [3.8, 4) is 11.5 Å². The molecule has 0 unspecified atom stereocenters. The maximum atomic E-state index is 12.3. The fourth-order valence-electron chi connectivity index (χ4n) is 2.48. The number of rotatable bonds is 4. The van der Waals surface area contributed by atoms with E-state index in [4.69, 9.17) is 9.47 Å². The maximum Gasteiger partial charge on any atom is 0.242 e. The first-order valence-corrected chi connectivity index (χ1v) is 7.00. The van der Waals surface area contributed by atoms with Gasteiger partial charge in [-0.3, -0.25) is 4.79 Å². The summed E-state index contributed by atoms with van der Waals surface area (Å²) >= 11 is 0. The number of ether oxygens (including phenoxy) is 2. The van der Waals surface area contributed by atoms with Gasteiger partial charge in [0.1, 0.15) is 18.1 Å². The molecule has 0 radical (unpaired) electrons. The van der Waals surface area contributed by atoms with Crippen molar-refractivity contribution in [2.45, 2.75) is 18.9 Å². The summed E-state index contributed by atoms with van der Waals surface area (Å²) in [5.74, 6) is 1.77. The number of fused-ring (bicyclic) bond motifs is 1. The zero-order valence-electron chi connectivity index (χ0n) is 12.0. The zero-order chi connectivity index (χ0) is 14.1. The van der Waals surface area contributed by atoms with E-state index in [1.54, 1.807) is 7.11 Å². The smallest absolute Gasteiger partial charge is 0.242 e. The first kappa shape index (κ1) is 13.1. The summed E-state index contributed by atoms with van der Waals surface area (Å²) in [4.78, 5) is 16.2. The topological polar surface area (TPSA) is 42.0 Å². The molecule has 0 N–H and O–H groups in total. The Morgan fingerprint density at radius 2 is 2.30 bits per heavy atom. The summed E-state index contributed by atoms with van der Waals surface area (Å²) in [6.45, 7) is 1.74. The number of benzene rings is 1. The number of carbonyl (C=O) groups excluding carboxylic acids is 1. The second-order valence-electron chi connectivity index (χ2n) is 5.34. The molecule has 1 aliphatic heterocycles. The normalized spacial score (nSPS) is 17.2. The molecule has 1 aliphatic carbocycles. The lowest BCUT2D eigenvalue weighted by molar-refractivity contribution is -0.128. The average molecular weight is 276 g/mol. The van der Waals surface area contributed by atoms with Gasteiger partial charge >= 0.3 is 0 Å². The molecule has 0 saturated heterocycles. The Morgan fingerprint density at radius 3 is 3.00 bits per heavy atom. The molecule has 1 saturated carbocycles. The van der Waals surface area contributed by atoms with Crippen LogP contribution in [0.15, 0.2) is 18.2 Å². The van der Waals surface area contributed by atoms with E-state index in [1.807, 2.05) is 30.1 Å². The molecule has 5 nitrogen and oxygen atoms in total. The summed E-state index contributed by atoms with van der Waals surface area (Å²) < 4.78 is 10.9. The van der Waals surface area contributed by atoms with E-state index in [0.29, 0.717) is 19.2 Å². The van der Waals surface area contributed by atoms with E-state index < -0.39 is 0 Å². The van der Waals surface area contributed by atoms with Crippen LogP contribution < -0.4 is 14.4 Å². The lowest BCUT2D eigenvalue weighted by atomic mass is 10.2. The molecule has 1 amide bonds. The van der Waals surface area contributed by atoms with Crippen molar-refractivity contribution >= 4 is 11.6 Å². The molecule has 2 aliphatic rings. The van der Waals surface area contributed by atoms with Crippen LogP contribution in [0.3, 0.4) is 0 Å². The Labute approximate surface area is 119 Å². The highest BCUT2D eigenvalue weighted by Crippen LogP contribution is 2.35. The van der Waals surface area contributed by atoms with Crippen LogP contribution in [0.5, 0.6) is 11.5 Å². The number of amides is 1. The average Bonchev–Trinajstić information content (AvgIpc) is 3.31. The third-order valence-corrected chi connectivity index (χ3v) is 3.94. The van der Waals surface area contributed by atoms with Crippen LogP contribution >= 0.6 is 0 Å². The molecule has 0 atom stereocenters. The van der Waals surface area contributed by atoms with Crippen LogP contribution in [-0.2, 0) is 4.79 Å². The van der Waals surface area contributed by atoms with E-state index in [-0.39, 0.29) is 5.91 Å². The Kier molecular flexibility index (Phi) is 3.42. The van der Waals surface area contributed by atoms with Gasteiger partial charge in [0, 0.05) is 19.2 Å². The fourth-order valence-corrected chi connectivity index (χ4v) is 2.48. The minimum Gasteiger partial charge on any atom is -0.497 e. The van der Waals surface area contributed by atoms with Gasteiger partial charge in [0.05, 0.1) is 25.9 Å². The summed E-state index contributed by atoms with van der Waals surface area (Å²) in [7, 11) is 3.54. The van der Waals surface area contributed by atoms with Crippen molar-refractivity contribution in [2.75, 3.05) is 38.8 Å². The second-order valence-corrected chi connectivity index (χ2v) is 5.34. The lowest BCUT2D eigenvalue weighted by Gasteiger charge is -2.32. The molecule has 0 bridgehead atoms. The summed E-state index contributed by atoms with van der Waals surface area (Å²) in [6, 6.07) is 6.16. The van der Waals surface area contributed by atoms with Crippen molar-refractivity contribution in [2.24, 2.45) is 0 Å². The fraction of sp³-hybridized carbons (Fsp3) is 0.533. The Hall–Kier alpha value is -1.91. The lowest BCUT2D eigenvalue weighted by Crippen LogP contribution is -2.42. The first-order valence-electron chi connectivity index (χ1n) is 7.00. The van der Waals surface area contributed by atoms with E-state index >= 15 is 0 Å². The van der Waals surface area contributed by atoms with Gasteiger partial charge in [0.15, 0.2) is 0 Å². The van der Waals surface area contributed by atoms with Crippen molar-refractivity contribution in [1.29, 1.82) is 0 Å². The number of nitrogens with zero attached hydrogens (tertiary/aromatic N) is 2. The van der Waals surface area contributed by atoms with Gasteiger partial charge in [0.2, 0.25) is 5.91 Å². The third kappa shape index (κ3) is 2.53.